The molecule has 1 heterocycles. The Hall–Kier alpha value is -2.57. The maximum absolute atomic E-state index is 12.5. The molecule has 3 amide bonds. The fraction of sp³-hybridized carbons (Fsp3) is 0.571. The highest BCUT2D eigenvalue weighted by molar-refractivity contribution is 5.94. The standard InChI is InChI=1S/C21H31N3O4/c1-21(2,3)28-20(27)23-17(18(25)22-4)14-15-10-12-24(13-11-15)19(26)16-8-6-5-7-9-16/h5-9,15,17H,10-14H2,1-4H3,(H,22,25)(H,23,27)/t17-/m0/s1. The lowest BCUT2D eigenvalue weighted by atomic mass is 9.89. The van der Waals surface area contributed by atoms with E-state index in [1.807, 2.05) is 35.2 Å². The van der Waals surface area contributed by atoms with Gasteiger partial charge < -0.3 is 20.3 Å². The lowest BCUT2D eigenvalue weighted by Crippen LogP contribution is -2.49. The van der Waals surface area contributed by atoms with Crippen molar-refractivity contribution in [2.24, 2.45) is 5.92 Å². The van der Waals surface area contributed by atoms with Crippen LogP contribution < -0.4 is 10.6 Å². The number of hydrogen-bond acceptors (Lipinski definition) is 4. The van der Waals surface area contributed by atoms with Gasteiger partial charge in [0.15, 0.2) is 0 Å². The number of rotatable bonds is 5. The number of amides is 3. The Morgan fingerprint density at radius 3 is 2.29 bits per heavy atom. The van der Waals surface area contributed by atoms with Gasteiger partial charge in [-0.15, -0.1) is 0 Å². The summed E-state index contributed by atoms with van der Waals surface area (Å²) in [6.45, 7) is 6.62. The van der Waals surface area contributed by atoms with E-state index in [0.717, 1.165) is 12.8 Å². The molecule has 154 valence electrons. The molecule has 0 bridgehead atoms. The van der Waals surface area contributed by atoms with Gasteiger partial charge in [0.1, 0.15) is 11.6 Å². The molecule has 1 aliphatic rings. The van der Waals surface area contributed by atoms with Gasteiger partial charge in [-0.1, -0.05) is 18.2 Å². The van der Waals surface area contributed by atoms with Gasteiger partial charge in [0, 0.05) is 25.7 Å². The van der Waals surface area contributed by atoms with E-state index in [2.05, 4.69) is 10.6 Å². The molecule has 0 spiro atoms. The molecule has 2 rings (SSSR count). The average molecular weight is 389 g/mol. The van der Waals surface area contributed by atoms with Crippen LogP contribution in [0.2, 0.25) is 0 Å². The summed E-state index contributed by atoms with van der Waals surface area (Å²) in [4.78, 5) is 38.7. The highest BCUT2D eigenvalue weighted by Gasteiger charge is 2.30. The number of nitrogens with one attached hydrogen (secondary N) is 2. The van der Waals surface area contributed by atoms with E-state index in [9.17, 15) is 14.4 Å². The second-order valence-electron chi connectivity index (χ2n) is 8.15. The second-order valence-corrected chi connectivity index (χ2v) is 8.15. The Balaban J connectivity index is 1.89. The highest BCUT2D eigenvalue weighted by Crippen LogP contribution is 2.23. The number of alkyl carbamates (subject to hydrolysis) is 1. The van der Waals surface area contributed by atoms with Gasteiger partial charge in [-0.2, -0.15) is 0 Å². The van der Waals surface area contributed by atoms with E-state index in [-0.39, 0.29) is 17.7 Å². The summed E-state index contributed by atoms with van der Waals surface area (Å²) in [6, 6.07) is 8.59. The Morgan fingerprint density at radius 1 is 1.14 bits per heavy atom. The van der Waals surface area contributed by atoms with Crippen LogP contribution in [0.25, 0.3) is 0 Å². The third kappa shape index (κ3) is 6.55. The first kappa shape index (κ1) is 21.7. The van der Waals surface area contributed by atoms with Crippen LogP contribution in [-0.2, 0) is 9.53 Å². The number of piperidine rings is 1. The van der Waals surface area contributed by atoms with Crippen LogP contribution in [0, 0.1) is 5.92 Å². The Labute approximate surface area is 166 Å². The summed E-state index contributed by atoms with van der Waals surface area (Å²) in [6.07, 6.45) is 1.51. The van der Waals surface area contributed by atoms with Crippen LogP contribution in [0.3, 0.4) is 0 Å². The first-order chi connectivity index (χ1) is 13.2. The number of hydrogen-bond donors (Lipinski definition) is 2. The van der Waals surface area contributed by atoms with E-state index in [1.165, 1.54) is 0 Å². The molecule has 1 aliphatic heterocycles. The molecule has 0 radical (unpaired) electrons. The van der Waals surface area contributed by atoms with E-state index in [1.54, 1.807) is 27.8 Å². The summed E-state index contributed by atoms with van der Waals surface area (Å²) in [5.41, 5.74) is 0.0660. The zero-order valence-electron chi connectivity index (χ0n) is 17.2. The fourth-order valence-electron chi connectivity index (χ4n) is 3.32. The summed E-state index contributed by atoms with van der Waals surface area (Å²) < 4.78 is 5.27. The largest absolute Gasteiger partial charge is 0.444 e. The number of nitrogens with zero attached hydrogens (tertiary/aromatic N) is 1. The third-order valence-corrected chi connectivity index (χ3v) is 4.75. The third-order valence-electron chi connectivity index (χ3n) is 4.75. The molecule has 0 saturated carbocycles. The van der Waals surface area contributed by atoms with Crippen LogP contribution >= 0.6 is 0 Å². The van der Waals surface area contributed by atoms with Crippen molar-refractivity contribution in [3.8, 4) is 0 Å². The smallest absolute Gasteiger partial charge is 0.408 e. The Kier molecular flexibility index (Phi) is 7.43. The number of carbonyl (C=O) groups excluding carboxylic acids is 3. The molecule has 28 heavy (non-hydrogen) atoms. The van der Waals surface area contributed by atoms with Crippen molar-refractivity contribution in [1.29, 1.82) is 0 Å². The molecule has 0 unspecified atom stereocenters. The van der Waals surface area contributed by atoms with Crippen molar-refractivity contribution in [1.82, 2.24) is 15.5 Å². The molecule has 7 nitrogen and oxygen atoms in total. The molecule has 2 N–H and O–H groups in total. The van der Waals surface area contributed by atoms with Gasteiger partial charge >= 0.3 is 6.09 Å². The minimum atomic E-state index is -0.652. The molecule has 1 fully saturated rings. The SMILES string of the molecule is CNC(=O)[C@H](CC1CCN(C(=O)c2ccccc2)CC1)NC(=O)OC(C)(C)C. The van der Waals surface area contributed by atoms with Crippen LogP contribution in [0.1, 0.15) is 50.4 Å². The van der Waals surface area contributed by atoms with Crippen molar-refractivity contribution >= 4 is 17.9 Å². The molecule has 1 aromatic rings. The maximum atomic E-state index is 12.5. The molecule has 1 saturated heterocycles. The van der Waals surface area contributed by atoms with Gasteiger partial charge in [-0.05, 0) is 58.1 Å². The quantitative estimate of drug-likeness (QED) is 0.810. The van der Waals surface area contributed by atoms with Crippen molar-refractivity contribution in [2.75, 3.05) is 20.1 Å². The topological polar surface area (TPSA) is 87.7 Å². The Bertz CT molecular complexity index is 677. The zero-order valence-corrected chi connectivity index (χ0v) is 17.2. The van der Waals surface area contributed by atoms with Crippen LogP contribution in [0.15, 0.2) is 30.3 Å². The van der Waals surface area contributed by atoms with Crippen molar-refractivity contribution in [3.63, 3.8) is 0 Å². The molecular formula is C21H31N3O4. The molecule has 1 atom stereocenters. The predicted molar refractivity (Wildman–Crippen MR) is 107 cm³/mol. The number of ether oxygens (including phenoxy) is 1. The van der Waals surface area contributed by atoms with Gasteiger partial charge in [-0.3, -0.25) is 9.59 Å². The normalized spacial score (nSPS) is 16.2. The maximum Gasteiger partial charge on any atom is 0.408 e. The summed E-state index contributed by atoms with van der Waals surface area (Å²) in [5.74, 6) is 0.0412. The monoisotopic (exact) mass is 389 g/mol. The number of likely N-dealkylation sites (N-methyl/N-ethyl adjacent to an activating group) is 1. The van der Waals surface area contributed by atoms with Gasteiger partial charge in [0.2, 0.25) is 5.91 Å². The first-order valence-electron chi connectivity index (χ1n) is 9.75. The molecule has 1 aromatic carbocycles. The van der Waals surface area contributed by atoms with Gasteiger partial charge in [-0.25, -0.2) is 4.79 Å². The zero-order chi connectivity index (χ0) is 20.7. The van der Waals surface area contributed by atoms with E-state index < -0.39 is 17.7 Å². The van der Waals surface area contributed by atoms with Gasteiger partial charge in [0.25, 0.3) is 5.91 Å². The van der Waals surface area contributed by atoms with Crippen LogP contribution in [0.5, 0.6) is 0 Å². The molecule has 0 aromatic heterocycles. The molecular weight excluding hydrogens is 358 g/mol. The van der Waals surface area contributed by atoms with E-state index in [0.29, 0.717) is 25.1 Å². The van der Waals surface area contributed by atoms with E-state index >= 15 is 0 Å². The first-order valence-corrected chi connectivity index (χ1v) is 9.75. The summed E-state index contributed by atoms with van der Waals surface area (Å²) in [5, 5.41) is 5.28. The molecule has 7 heteroatoms. The Morgan fingerprint density at radius 2 is 1.75 bits per heavy atom. The van der Waals surface area contributed by atoms with Crippen molar-refractivity contribution < 1.29 is 19.1 Å². The number of benzene rings is 1. The van der Waals surface area contributed by atoms with Crippen LogP contribution in [-0.4, -0.2) is 54.6 Å². The van der Waals surface area contributed by atoms with Crippen molar-refractivity contribution in [3.05, 3.63) is 35.9 Å². The van der Waals surface area contributed by atoms with E-state index in [4.69, 9.17) is 4.74 Å². The number of likely N-dealkylation sites (tertiary alicyclic amines) is 1. The number of carbonyl (C=O) groups is 3. The average Bonchev–Trinajstić information content (AvgIpc) is 2.66. The summed E-state index contributed by atoms with van der Waals surface area (Å²) in [7, 11) is 1.55. The highest BCUT2D eigenvalue weighted by atomic mass is 16.6. The molecule has 0 aliphatic carbocycles. The van der Waals surface area contributed by atoms with Gasteiger partial charge in [0.05, 0.1) is 0 Å². The lowest BCUT2D eigenvalue weighted by molar-refractivity contribution is -0.123. The minimum Gasteiger partial charge on any atom is -0.444 e. The minimum absolute atomic E-state index is 0.0359. The van der Waals surface area contributed by atoms with Crippen LogP contribution in [0.4, 0.5) is 4.79 Å². The predicted octanol–water partition coefficient (Wildman–Crippen LogP) is 2.57. The lowest BCUT2D eigenvalue weighted by Gasteiger charge is -2.33. The fourth-order valence-corrected chi connectivity index (χ4v) is 3.32. The summed E-state index contributed by atoms with van der Waals surface area (Å²) >= 11 is 0. The van der Waals surface area contributed by atoms with Crippen molar-refractivity contribution in [2.45, 2.75) is 51.7 Å². The second kappa shape index (κ2) is 9.57.